The number of nitrogens with zero attached hydrogens (tertiary/aromatic N) is 2. The lowest BCUT2D eigenvalue weighted by atomic mass is 10.3. The summed E-state index contributed by atoms with van der Waals surface area (Å²) in [5.41, 5.74) is 0. The van der Waals surface area contributed by atoms with Crippen LogP contribution in [-0.4, -0.2) is 67.7 Å². The van der Waals surface area contributed by atoms with E-state index in [9.17, 15) is 0 Å². The molecular formula is C11H23ClN2O. The predicted octanol–water partition coefficient (Wildman–Crippen LogP) is 1.27. The molecule has 0 atom stereocenters. The van der Waals surface area contributed by atoms with Gasteiger partial charge in [0.25, 0.3) is 0 Å². The van der Waals surface area contributed by atoms with Crippen LogP contribution in [0.1, 0.15) is 13.8 Å². The lowest BCUT2D eigenvalue weighted by Crippen LogP contribution is -2.43. The van der Waals surface area contributed by atoms with Gasteiger partial charge in [0.1, 0.15) is 0 Å². The number of morpholine rings is 1. The normalized spacial score (nSPS) is 19.0. The highest BCUT2D eigenvalue weighted by molar-refractivity contribution is 6.18. The number of alkyl halides is 1. The molecule has 0 bridgehead atoms. The minimum atomic E-state index is 0.588. The van der Waals surface area contributed by atoms with Crippen LogP contribution in [0.4, 0.5) is 0 Å². The fourth-order valence-corrected chi connectivity index (χ4v) is 2.05. The van der Waals surface area contributed by atoms with E-state index >= 15 is 0 Å². The van der Waals surface area contributed by atoms with Gasteiger partial charge in [-0.1, -0.05) is 0 Å². The van der Waals surface area contributed by atoms with Crippen molar-refractivity contribution < 1.29 is 4.74 Å². The molecule has 0 N–H and O–H groups in total. The van der Waals surface area contributed by atoms with Crippen LogP contribution in [-0.2, 0) is 4.74 Å². The molecule has 4 heteroatoms. The van der Waals surface area contributed by atoms with Crippen molar-refractivity contribution in [2.45, 2.75) is 19.9 Å². The lowest BCUT2D eigenvalue weighted by Gasteiger charge is -2.31. The van der Waals surface area contributed by atoms with E-state index in [1.165, 1.54) is 0 Å². The molecule has 0 unspecified atom stereocenters. The molecule has 0 aromatic heterocycles. The van der Waals surface area contributed by atoms with Gasteiger partial charge in [0.2, 0.25) is 0 Å². The molecule has 0 aromatic rings. The van der Waals surface area contributed by atoms with Gasteiger partial charge in [0, 0.05) is 44.6 Å². The monoisotopic (exact) mass is 234 g/mol. The Morgan fingerprint density at radius 2 is 1.93 bits per heavy atom. The standard InChI is InChI=1S/C11H23ClN2O/c1-11(2)14(4-3-12)6-5-13-7-9-15-10-8-13/h11H,3-10H2,1-2H3. The van der Waals surface area contributed by atoms with E-state index in [4.69, 9.17) is 16.3 Å². The lowest BCUT2D eigenvalue weighted by molar-refractivity contribution is 0.0321. The third kappa shape index (κ3) is 5.16. The average Bonchev–Trinajstić information content (AvgIpc) is 2.25. The summed E-state index contributed by atoms with van der Waals surface area (Å²) < 4.78 is 5.33. The molecule has 15 heavy (non-hydrogen) atoms. The average molecular weight is 235 g/mol. The van der Waals surface area contributed by atoms with Crippen molar-refractivity contribution in [3.63, 3.8) is 0 Å². The first-order chi connectivity index (χ1) is 7.24. The predicted molar refractivity (Wildman–Crippen MR) is 64.7 cm³/mol. The van der Waals surface area contributed by atoms with E-state index in [1.807, 2.05) is 0 Å². The van der Waals surface area contributed by atoms with Crippen LogP contribution in [0.3, 0.4) is 0 Å². The van der Waals surface area contributed by atoms with Crippen molar-refractivity contribution >= 4 is 11.6 Å². The number of halogens is 1. The van der Waals surface area contributed by atoms with Crippen LogP contribution in [0.2, 0.25) is 0 Å². The molecule has 1 aliphatic rings. The van der Waals surface area contributed by atoms with E-state index in [0.29, 0.717) is 6.04 Å². The second kappa shape index (κ2) is 7.44. The Kier molecular flexibility index (Phi) is 6.57. The van der Waals surface area contributed by atoms with Gasteiger partial charge in [-0.2, -0.15) is 0 Å². The molecule has 0 aliphatic carbocycles. The SMILES string of the molecule is CC(C)N(CCCl)CCN1CCOCC1. The smallest absolute Gasteiger partial charge is 0.0594 e. The van der Waals surface area contributed by atoms with Gasteiger partial charge < -0.3 is 4.74 Å². The van der Waals surface area contributed by atoms with Crippen LogP contribution in [0.25, 0.3) is 0 Å². The summed E-state index contributed by atoms with van der Waals surface area (Å²) >= 11 is 5.79. The van der Waals surface area contributed by atoms with Gasteiger partial charge in [0.15, 0.2) is 0 Å². The van der Waals surface area contributed by atoms with Gasteiger partial charge in [-0.15, -0.1) is 11.6 Å². The van der Waals surface area contributed by atoms with Gasteiger partial charge in [-0.05, 0) is 13.8 Å². The molecular weight excluding hydrogens is 212 g/mol. The molecule has 1 saturated heterocycles. The Morgan fingerprint density at radius 1 is 1.27 bits per heavy atom. The molecule has 0 saturated carbocycles. The molecule has 1 fully saturated rings. The van der Waals surface area contributed by atoms with Gasteiger partial charge >= 0.3 is 0 Å². The number of rotatable bonds is 6. The van der Waals surface area contributed by atoms with Gasteiger partial charge in [0.05, 0.1) is 13.2 Å². The first-order valence-corrected chi connectivity index (χ1v) is 6.37. The van der Waals surface area contributed by atoms with Crippen molar-refractivity contribution in [1.82, 2.24) is 9.80 Å². The first kappa shape index (κ1) is 13.2. The molecule has 0 spiro atoms. The fourth-order valence-electron chi connectivity index (χ4n) is 1.83. The molecule has 1 rings (SSSR count). The number of hydrogen-bond acceptors (Lipinski definition) is 3. The highest BCUT2D eigenvalue weighted by Gasteiger charge is 2.13. The summed E-state index contributed by atoms with van der Waals surface area (Å²) in [6, 6.07) is 0.588. The molecule has 3 nitrogen and oxygen atoms in total. The fraction of sp³-hybridized carbons (Fsp3) is 1.00. The zero-order valence-corrected chi connectivity index (χ0v) is 10.7. The molecule has 0 aromatic carbocycles. The molecule has 0 radical (unpaired) electrons. The summed E-state index contributed by atoms with van der Waals surface area (Å²) in [7, 11) is 0. The quantitative estimate of drug-likeness (QED) is 0.644. The summed E-state index contributed by atoms with van der Waals surface area (Å²) in [5.74, 6) is 0.724. The maximum atomic E-state index is 5.79. The largest absolute Gasteiger partial charge is 0.379 e. The minimum absolute atomic E-state index is 0.588. The van der Waals surface area contributed by atoms with Crippen molar-refractivity contribution in [3.8, 4) is 0 Å². The summed E-state index contributed by atoms with van der Waals surface area (Å²) in [6.07, 6.45) is 0. The third-order valence-corrected chi connectivity index (χ3v) is 3.08. The van der Waals surface area contributed by atoms with E-state index in [-0.39, 0.29) is 0 Å². The van der Waals surface area contributed by atoms with E-state index in [2.05, 4.69) is 23.6 Å². The Balaban J connectivity index is 2.19. The number of ether oxygens (including phenoxy) is 1. The van der Waals surface area contributed by atoms with E-state index < -0.39 is 0 Å². The second-order valence-corrected chi connectivity index (χ2v) is 4.65. The highest BCUT2D eigenvalue weighted by Crippen LogP contribution is 2.01. The molecule has 1 aliphatic heterocycles. The summed E-state index contributed by atoms with van der Waals surface area (Å²) in [4.78, 5) is 4.90. The Labute approximate surface area is 98.3 Å². The zero-order chi connectivity index (χ0) is 11.1. The zero-order valence-electron chi connectivity index (χ0n) is 9.91. The Morgan fingerprint density at radius 3 is 2.47 bits per heavy atom. The third-order valence-electron chi connectivity index (χ3n) is 2.91. The van der Waals surface area contributed by atoms with Crippen molar-refractivity contribution in [1.29, 1.82) is 0 Å². The topological polar surface area (TPSA) is 15.7 Å². The number of hydrogen-bond donors (Lipinski definition) is 0. The molecule has 90 valence electrons. The van der Waals surface area contributed by atoms with Crippen molar-refractivity contribution in [3.05, 3.63) is 0 Å². The highest BCUT2D eigenvalue weighted by atomic mass is 35.5. The molecule has 0 amide bonds. The van der Waals surface area contributed by atoms with E-state index in [1.54, 1.807) is 0 Å². The van der Waals surface area contributed by atoms with Crippen LogP contribution in [0.5, 0.6) is 0 Å². The van der Waals surface area contributed by atoms with Crippen LogP contribution < -0.4 is 0 Å². The van der Waals surface area contributed by atoms with Crippen LogP contribution in [0, 0.1) is 0 Å². The second-order valence-electron chi connectivity index (χ2n) is 4.27. The Bertz CT molecular complexity index is 161. The van der Waals surface area contributed by atoms with Crippen molar-refractivity contribution in [2.75, 3.05) is 51.8 Å². The van der Waals surface area contributed by atoms with Crippen LogP contribution in [0.15, 0.2) is 0 Å². The van der Waals surface area contributed by atoms with Crippen molar-refractivity contribution in [2.24, 2.45) is 0 Å². The maximum Gasteiger partial charge on any atom is 0.0594 e. The van der Waals surface area contributed by atoms with Gasteiger partial charge in [-0.3, -0.25) is 9.80 Å². The van der Waals surface area contributed by atoms with Crippen LogP contribution >= 0.6 is 11.6 Å². The van der Waals surface area contributed by atoms with E-state index in [0.717, 1.165) is 51.8 Å². The Hall–Kier alpha value is 0.170. The minimum Gasteiger partial charge on any atom is -0.379 e. The maximum absolute atomic E-state index is 5.79. The molecule has 1 heterocycles. The van der Waals surface area contributed by atoms with Gasteiger partial charge in [-0.25, -0.2) is 0 Å². The summed E-state index contributed by atoms with van der Waals surface area (Å²) in [6.45, 7) is 11.6. The summed E-state index contributed by atoms with van der Waals surface area (Å²) in [5, 5.41) is 0. The first-order valence-electron chi connectivity index (χ1n) is 5.84.